The molecule has 17 heavy (non-hydrogen) atoms. The van der Waals surface area contributed by atoms with Crippen LogP contribution < -0.4 is 14.8 Å². The number of nitrogens with one attached hydrogen (secondary N) is 1. The maximum atomic E-state index is 6.12. The minimum absolute atomic E-state index is 0.0843. The van der Waals surface area contributed by atoms with E-state index in [2.05, 4.69) is 5.32 Å². The van der Waals surface area contributed by atoms with Crippen molar-refractivity contribution in [2.75, 3.05) is 12.4 Å². The smallest absolute Gasteiger partial charge is 0.163 e. The molecule has 0 amide bonds. The van der Waals surface area contributed by atoms with Gasteiger partial charge in [0.05, 0.1) is 22.9 Å². The Hall–Kier alpha value is -1.09. The van der Waals surface area contributed by atoms with Gasteiger partial charge in [-0.15, -0.1) is 0 Å². The van der Waals surface area contributed by atoms with E-state index in [-0.39, 0.29) is 12.2 Å². The summed E-state index contributed by atoms with van der Waals surface area (Å²) in [4.78, 5) is 0. The van der Waals surface area contributed by atoms with Crippen LogP contribution in [0.1, 0.15) is 27.7 Å². The molecule has 0 atom stereocenters. The van der Waals surface area contributed by atoms with Gasteiger partial charge in [-0.2, -0.15) is 0 Å². The highest BCUT2D eigenvalue weighted by Gasteiger charge is 2.13. The van der Waals surface area contributed by atoms with Crippen LogP contribution in [0.4, 0.5) is 5.69 Å². The van der Waals surface area contributed by atoms with Crippen LogP contribution >= 0.6 is 11.6 Å². The van der Waals surface area contributed by atoms with Gasteiger partial charge in [-0.05, 0) is 27.7 Å². The van der Waals surface area contributed by atoms with Crippen LogP contribution in [0.2, 0.25) is 5.02 Å². The molecular formula is C13H20ClNO2. The Morgan fingerprint density at radius 1 is 1.00 bits per heavy atom. The number of hydrogen-bond donors (Lipinski definition) is 1. The van der Waals surface area contributed by atoms with Gasteiger partial charge in [-0.25, -0.2) is 0 Å². The predicted molar refractivity (Wildman–Crippen MR) is 72.5 cm³/mol. The topological polar surface area (TPSA) is 30.5 Å². The molecule has 0 saturated carbocycles. The molecule has 1 aromatic carbocycles. The third-order valence-corrected chi connectivity index (χ3v) is 2.34. The Bertz CT molecular complexity index is 378. The number of halogens is 1. The molecule has 0 aromatic heterocycles. The zero-order valence-corrected chi connectivity index (χ0v) is 11.8. The van der Waals surface area contributed by atoms with Crippen LogP contribution in [0.3, 0.4) is 0 Å². The summed E-state index contributed by atoms with van der Waals surface area (Å²) in [6.45, 7) is 7.90. The van der Waals surface area contributed by atoms with Crippen molar-refractivity contribution in [2.24, 2.45) is 0 Å². The summed E-state index contributed by atoms with van der Waals surface area (Å²) in [5.41, 5.74) is 0.832. The van der Waals surface area contributed by atoms with E-state index in [0.29, 0.717) is 16.5 Å². The van der Waals surface area contributed by atoms with E-state index in [1.54, 1.807) is 6.07 Å². The van der Waals surface area contributed by atoms with Crippen molar-refractivity contribution >= 4 is 17.3 Å². The van der Waals surface area contributed by atoms with Gasteiger partial charge in [0, 0.05) is 19.2 Å². The SMILES string of the molecule is CNc1cc(OC(C)C)c(OC(C)C)cc1Cl. The van der Waals surface area contributed by atoms with Gasteiger partial charge < -0.3 is 14.8 Å². The monoisotopic (exact) mass is 257 g/mol. The van der Waals surface area contributed by atoms with Gasteiger partial charge in [0.15, 0.2) is 11.5 Å². The summed E-state index contributed by atoms with van der Waals surface area (Å²) in [6, 6.07) is 3.64. The average molecular weight is 258 g/mol. The molecule has 0 heterocycles. The third-order valence-electron chi connectivity index (χ3n) is 2.03. The standard InChI is InChI=1S/C13H20ClNO2/c1-8(2)16-12-6-10(14)11(15-5)7-13(12)17-9(3)4/h6-9,15H,1-5H3. The summed E-state index contributed by atoms with van der Waals surface area (Å²) >= 11 is 6.12. The number of rotatable bonds is 5. The van der Waals surface area contributed by atoms with Gasteiger partial charge in [0.1, 0.15) is 0 Å². The Kier molecular flexibility index (Phi) is 4.94. The van der Waals surface area contributed by atoms with Crippen molar-refractivity contribution in [1.29, 1.82) is 0 Å². The third kappa shape index (κ3) is 4.00. The van der Waals surface area contributed by atoms with Crippen molar-refractivity contribution in [3.05, 3.63) is 17.2 Å². The van der Waals surface area contributed by atoms with Crippen LogP contribution in [-0.4, -0.2) is 19.3 Å². The molecular weight excluding hydrogens is 238 g/mol. The molecule has 1 rings (SSSR count). The number of benzene rings is 1. The Morgan fingerprint density at radius 2 is 1.47 bits per heavy atom. The molecule has 0 aliphatic rings. The van der Waals surface area contributed by atoms with Gasteiger partial charge in [0.2, 0.25) is 0 Å². The first kappa shape index (κ1) is 14.0. The van der Waals surface area contributed by atoms with Crippen LogP contribution in [0.5, 0.6) is 11.5 Å². The maximum absolute atomic E-state index is 6.12. The highest BCUT2D eigenvalue weighted by Crippen LogP contribution is 2.37. The Morgan fingerprint density at radius 3 is 1.88 bits per heavy atom. The van der Waals surface area contributed by atoms with E-state index >= 15 is 0 Å². The zero-order valence-electron chi connectivity index (χ0n) is 11.0. The molecule has 1 aromatic rings. The number of ether oxygens (including phenoxy) is 2. The van der Waals surface area contributed by atoms with E-state index in [1.165, 1.54) is 0 Å². The second-order valence-corrected chi connectivity index (χ2v) is 4.77. The normalized spacial score (nSPS) is 10.8. The van der Waals surface area contributed by atoms with Crippen LogP contribution in [0.15, 0.2) is 12.1 Å². The Labute approximate surface area is 108 Å². The molecule has 0 fully saturated rings. The number of hydrogen-bond acceptors (Lipinski definition) is 3. The lowest BCUT2D eigenvalue weighted by molar-refractivity contribution is 0.199. The summed E-state index contributed by atoms with van der Waals surface area (Å²) < 4.78 is 11.4. The molecule has 0 saturated heterocycles. The van der Waals surface area contributed by atoms with E-state index in [4.69, 9.17) is 21.1 Å². The van der Waals surface area contributed by atoms with Crippen LogP contribution in [0.25, 0.3) is 0 Å². The molecule has 0 bridgehead atoms. The van der Waals surface area contributed by atoms with E-state index in [1.807, 2.05) is 40.8 Å². The fourth-order valence-electron chi connectivity index (χ4n) is 1.42. The average Bonchev–Trinajstić information content (AvgIpc) is 2.20. The molecule has 0 spiro atoms. The van der Waals surface area contributed by atoms with Gasteiger partial charge >= 0.3 is 0 Å². The summed E-state index contributed by atoms with van der Waals surface area (Å²) in [5.74, 6) is 1.39. The first-order valence-electron chi connectivity index (χ1n) is 5.78. The fourth-order valence-corrected chi connectivity index (χ4v) is 1.67. The molecule has 0 aliphatic carbocycles. The van der Waals surface area contributed by atoms with Crippen molar-refractivity contribution < 1.29 is 9.47 Å². The lowest BCUT2D eigenvalue weighted by Gasteiger charge is -2.18. The van der Waals surface area contributed by atoms with Crippen molar-refractivity contribution in [2.45, 2.75) is 39.9 Å². The summed E-state index contributed by atoms with van der Waals surface area (Å²) in [6.07, 6.45) is 0.177. The molecule has 1 N–H and O–H groups in total. The van der Waals surface area contributed by atoms with Gasteiger partial charge in [-0.1, -0.05) is 11.6 Å². The summed E-state index contributed by atoms with van der Waals surface area (Å²) in [5, 5.41) is 3.65. The van der Waals surface area contributed by atoms with Crippen LogP contribution in [-0.2, 0) is 0 Å². The number of anilines is 1. The van der Waals surface area contributed by atoms with Crippen molar-refractivity contribution in [3.8, 4) is 11.5 Å². The summed E-state index contributed by atoms with van der Waals surface area (Å²) in [7, 11) is 1.82. The molecule has 4 heteroatoms. The van der Waals surface area contributed by atoms with E-state index < -0.39 is 0 Å². The van der Waals surface area contributed by atoms with Crippen LogP contribution in [0, 0.1) is 0 Å². The second kappa shape index (κ2) is 6.01. The highest BCUT2D eigenvalue weighted by molar-refractivity contribution is 6.33. The van der Waals surface area contributed by atoms with E-state index in [9.17, 15) is 0 Å². The lowest BCUT2D eigenvalue weighted by atomic mass is 10.2. The maximum Gasteiger partial charge on any atom is 0.163 e. The molecule has 0 aliphatic heterocycles. The second-order valence-electron chi connectivity index (χ2n) is 4.36. The minimum Gasteiger partial charge on any atom is -0.487 e. The quantitative estimate of drug-likeness (QED) is 0.866. The predicted octanol–water partition coefficient (Wildman–Crippen LogP) is 3.96. The lowest BCUT2D eigenvalue weighted by Crippen LogP contribution is -2.11. The minimum atomic E-state index is 0.0843. The Balaban J connectivity index is 3.11. The first-order chi connectivity index (χ1) is 7.93. The van der Waals surface area contributed by atoms with Gasteiger partial charge in [0.25, 0.3) is 0 Å². The zero-order chi connectivity index (χ0) is 13.0. The highest BCUT2D eigenvalue weighted by atomic mass is 35.5. The first-order valence-corrected chi connectivity index (χ1v) is 6.16. The van der Waals surface area contributed by atoms with Crippen molar-refractivity contribution in [1.82, 2.24) is 0 Å². The largest absolute Gasteiger partial charge is 0.487 e. The molecule has 3 nitrogen and oxygen atoms in total. The molecule has 0 unspecified atom stereocenters. The van der Waals surface area contributed by atoms with E-state index in [0.717, 1.165) is 5.69 Å². The molecule has 96 valence electrons. The van der Waals surface area contributed by atoms with Gasteiger partial charge in [-0.3, -0.25) is 0 Å². The molecule has 0 radical (unpaired) electrons. The van der Waals surface area contributed by atoms with Crippen molar-refractivity contribution in [3.63, 3.8) is 0 Å². The fraction of sp³-hybridized carbons (Fsp3) is 0.538.